The maximum Gasteiger partial charge on any atom is 0.152 e. The van der Waals surface area contributed by atoms with Crippen LogP contribution >= 0.6 is 11.6 Å². The van der Waals surface area contributed by atoms with E-state index in [0.29, 0.717) is 10.8 Å². The summed E-state index contributed by atoms with van der Waals surface area (Å²) in [5.41, 5.74) is 3.12. The highest BCUT2D eigenvalue weighted by Crippen LogP contribution is 2.45. The molecule has 5 heteroatoms. The van der Waals surface area contributed by atoms with Crippen molar-refractivity contribution in [3.05, 3.63) is 29.2 Å². The van der Waals surface area contributed by atoms with Crippen molar-refractivity contribution in [1.29, 1.82) is 0 Å². The quantitative estimate of drug-likeness (QED) is 0.675. The summed E-state index contributed by atoms with van der Waals surface area (Å²) in [6, 6.07) is 1.79. The third-order valence-corrected chi connectivity index (χ3v) is 3.54. The molecule has 1 unspecified atom stereocenters. The molecule has 3 rings (SSSR count). The first-order valence-corrected chi connectivity index (χ1v) is 5.66. The van der Waals surface area contributed by atoms with Crippen LogP contribution in [0.2, 0.25) is 5.15 Å². The number of rotatable bonds is 0. The molecule has 0 spiro atoms. The van der Waals surface area contributed by atoms with E-state index in [1.807, 2.05) is 18.9 Å². The molecule has 0 radical (unpaired) electrons. The fourth-order valence-corrected chi connectivity index (χ4v) is 2.55. The van der Waals surface area contributed by atoms with Gasteiger partial charge in [0.15, 0.2) is 5.15 Å². The van der Waals surface area contributed by atoms with Gasteiger partial charge in [-0.2, -0.15) is 5.10 Å². The molecule has 1 aliphatic rings. The summed E-state index contributed by atoms with van der Waals surface area (Å²) >= 11 is 6.17. The lowest BCUT2D eigenvalue weighted by atomic mass is 9.97. The normalized spacial score (nSPS) is 21.2. The zero-order chi connectivity index (χ0) is 14.7. The van der Waals surface area contributed by atoms with E-state index in [2.05, 4.69) is 10.1 Å². The molecule has 0 amide bonds. The van der Waals surface area contributed by atoms with E-state index in [1.54, 1.807) is 18.5 Å². The van der Waals surface area contributed by atoms with Crippen molar-refractivity contribution in [3.8, 4) is 11.3 Å². The second kappa shape index (κ2) is 3.47. The molecule has 88 valence electrons. The number of anilines is 1. The van der Waals surface area contributed by atoms with Crippen molar-refractivity contribution in [2.45, 2.75) is 13.0 Å². The van der Waals surface area contributed by atoms with Gasteiger partial charge in [-0.05, 0) is 13.0 Å². The fraction of sp³-hybridized carbons (Fsp3) is 0.333. The Morgan fingerprint density at radius 1 is 1.53 bits per heavy atom. The standard InChI is InChI=1S/C12H13ClN4/c1-7-9-6-16(2)15-10(9)8-4-5-14-12(13)11(8)17(7)3/h4-7H,1-3H3/i2D3. The van der Waals surface area contributed by atoms with Gasteiger partial charge in [0.1, 0.15) is 0 Å². The Kier molecular flexibility index (Phi) is 1.57. The number of nitrogens with zero attached hydrogens (tertiary/aromatic N) is 4. The molecular formula is C12H13ClN4. The smallest absolute Gasteiger partial charge is 0.152 e. The number of fused-ring (bicyclic) bond motifs is 3. The molecule has 2 aromatic rings. The molecule has 4 nitrogen and oxygen atoms in total. The molecule has 1 atom stereocenters. The summed E-state index contributed by atoms with van der Waals surface area (Å²) < 4.78 is 23.5. The number of hydrogen-bond donors (Lipinski definition) is 0. The van der Waals surface area contributed by atoms with Gasteiger partial charge in [-0.3, -0.25) is 4.68 Å². The Bertz CT molecular complexity index is 680. The Balaban J connectivity index is 2.28. The van der Waals surface area contributed by atoms with Gasteiger partial charge >= 0.3 is 0 Å². The number of aromatic nitrogens is 3. The number of pyridine rings is 1. The van der Waals surface area contributed by atoms with E-state index in [1.165, 1.54) is 0 Å². The Morgan fingerprint density at radius 2 is 2.35 bits per heavy atom. The lowest BCUT2D eigenvalue weighted by molar-refractivity contribution is 0.728. The SMILES string of the molecule is [2H]C([2H])([2H])n1cc2c(n1)-c1ccnc(Cl)c1N(C)C2C. The van der Waals surface area contributed by atoms with Crippen LogP contribution in [0, 0.1) is 0 Å². The van der Waals surface area contributed by atoms with Gasteiger partial charge in [-0.15, -0.1) is 0 Å². The number of hydrogen-bond acceptors (Lipinski definition) is 3. The molecule has 0 saturated carbocycles. The topological polar surface area (TPSA) is 34.0 Å². The van der Waals surface area contributed by atoms with Gasteiger partial charge < -0.3 is 4.90 Å². The van der Waals surface area contributed by atoms with Crippen LogP contribution in [-0.4, -0.2) is 21.8 Å². The van der Waals surface area contributed by atoms with Crippen LogP contribution in [-0.2, 0) is 6.98 Å². The minimum Gasteiger partial charge on any atom is -0.365 e. The summed E-state index contributed by atoms with van der Waals surface area (Å²) in [6.07, 6.45) is 3.18. The van der Waals surface area contributed by atoms with Crippen LogP contribution in [0.4, 0.5) is 5.69 Å². The molecule has 0 aliphatic carbocycles. The van der Waals surface area contributed by atoms with E-state index in [9.17, 15) is 0 Å². The van der Waals surface area contributed by atoms with E-state index in [-0.39, 0.29) is 6.04 Å². The lowest BCUT2D eigenvalue weighted by Gasteiger charge is -2.33. The van der Waals surface area contributed by atoms with Gasteiger partial charge in [0.25, 0.3) is 0 Å². The molecular weight excluding hydrogens is 236 g/mol. The van der Waals surface area contributed by atoms with Crippen molar-refractivity contribution in [2.75, 3.05) is 11.9 Å². The van der Waals surface area contributed by atoms with Crippen molar-refractivity contribution in [3.63, 3.8) is 0 Å². The van der Waals surface area contributed by atoms with Gasteiger partial charge in [-0.25, -0.2) is 4.98 Å². The average Bonchev–Trinajstić information content (AvgIpc) is 2.81. The van der Waals surface area contributed by atoms with Crippen molar-refractivity contribution in [2.24, 2.45) is 6.98 Å². The van der Waals surface area contributed by atoms with Gasteiger partial charge in [0, 0.05) is 41.7 Å². The summed E-state index contributed by atoms with van der Waals surface area (Å²) in [7, 11) is 1.91. The van der Waals surface area contributed by atoms with Crippen LogP contribution in [0.3, 0.4) is 0 Å². The van der Waals surface area contributed by atoms with Crippen LogP contribution in [0.5, 0.6) is 0 Å². The maximum atomic E-state index is 7.48. The number of aryl methyl sites for hydroxylation is 1. The largest absolute Gasteiger partial charge is 0.365 e. The van der Waals surface area contributed by atoms with Gasteiger partial charge in [0.05, 0.1) is 17.4 Å². The second-order valence-electron chi connectivity index (χ2n) is 4.16. The molecule has 0 bridgehead atoms. The molecule has 0 fully saturated rings. The van der Waals surface area contributed by atoms with Crippen LogP contribution < -0.4 is 4.90 Å². The van der Waals surface area contributed by atoms with E-state index in [0.717, 1.165) is 21.5 Å². The minimum atomic E-state index is -2.29. The predicted molar refractivity (Wildman–Crippen MR) is 68.3 cm³/mol. The summed E-state index contributed by atoms with van der Waals surface area (Å²) in [5, 5.41) is 4.62. The van der Waals surface area contributed by atoms with E-state index < -0.39 is 6.98 Å². The van der Waals surface area contributed by atoms with Crippen molar-refractivity contribution < 1.29 is 4.11 Å². The monoisotopic (exact) mass is 251 g/mol. The zero-order valence-corrected chi connectivity index (χ0v) is 10.2. The van der Waals surface area contributed by atoms with Crippen LogP contribution in [0.25, 0.3) is 11.3 Å². The fourth-order valence-electron chi connectivity index (χ4n) is 2.26. The highest BCUT2D eigenvalue weighted by Gasteiger charge is 2.30. The van der Waals surface area contributed by atoms with E-state index >= 15 is 0 Å². The molecule has 0 N–H and O–H groups in total. The Labute approximate surface area is 109 Å². The molecule has 17 heavy (non-hydrogen) atoms. The highest BCUT2D eigenvalue weighted by molar-refractivity contribution is 6.32. The van der Waals surface area contributed by atoms with Crippen LogP contribution in [0.15, 0.2) is 18.5 Å². The molecule has 2 aromatic heterocycles. The van der Waals surface area contributed by atoms with Crippen molar-refractivity contribution in [1.82, 2.24) is 14.8 Å². The Morgan fingerprint density at radius 3 is 3.12 bits per heavy atom. The first-order valence-electron chi connectivity index (χ1n) is 6.78. The second-order valence-corrected chi connectivity index (χ2v) is 4.52. The van der Waals surface area contributed by atoms with Crippen molar-refractivity contribution >= 4 is 17.3 Å². The average molecular weight is 252 g/mol. The Hall–Kier alpha value is -1.55. The highest BCUT2D eigenvalue weighted by atomic mass is 35.5. The minimum absolute atomic E-state index is 0.0182. The third-order valence-electron chi connectivity index (χ3n) is 3.26. The first-order chi connectivity index (χ1) is 9.30. The zero-order valence-electron chi connectivity index (χ0n) is 12.5. The molecule has 3 heterocycles. The van der Waals surface area contributed by atoms with Gasteiger partial charge in [0.2, 0.25) is 0 Å². The van der Waals surface area contributed by atoms with Crippen LogP contribution in [0.1, 0.15) is 22.6 Å². The third kappa shape index (κ3) is 1.37. The molecule has 0 saturated heterocycles. The van der Waals surface area contributed by atoms with Gasteiger partial charge in [-0.1, -0.05) is 11.6 Å². The molecule has 1 aliphatic heterocycles. The summed E-state index contributed by atoms with van der Waals surface area (Å²) in [4.78, 5) is 6.07. The number of halogens is 1. The maximum absolute atomic E-state index is 7.48. The molecule has 0 aromatic carbocycles. The predicted octanol–water partition coefficient (Wildman–Crippen LogP) is 2.65. The lowest BCUT2D eigenvalue weighted by Crippen LogP contribution is -2.26. The first kappa shape index (κ1) is 7.71. The summed E-state index contributed by atoms with van der Waals surface area (Å²) in [6.45, 7) is -0.302. The van der Waals surface area contributed by atoms with E-state index in [4.69, 9.17) is 15.7 Å². The summed E-state index contributed by atoms with van der Waals surface area (Å²) in [5.74, 6) is 0.